The van der Waals surface area contributed by atoms with Crippen LogP contribution < -0.4 is 5.73 Å². The maximum Gasteiger partial charge on any atom is 0.125 e. The number of likely N-dealkylation sites (N-methyl/N-ethyl adjacent to an activating group) is 2. The Balaban J connectivity index is 1.98. The van der Waals surface area contributed by atoms with E-state index >= 15 is 0 Å². The van der Waals surface area contributed by atoms with Crippen LogP contribution in [0.2, 0.25) is 0 Å². The van der Waals surface area contributed by atoms with Gasteiger partial charge in [-0.3, -0.25) is 0 Å². The second kappa shape index (κ2) is 5.16. The van der Waals surface area contributed by atoms with Crippen LogP contribution in [0.3, 0.4) is 0 Å². The van der Waals surface area contributed by atoms with E-state index in [1.54, 1.807) is 0 Å². The lowest BCUT2D eigenvalue weighted by atomic mass is 10.0. The molecule has 0 spiro atoms. The monoisotopic (exact) mass is 237 g/mol. The highest BCUT2D eigenvalue weighted by Gasteiger charge is 2.25. The first-order valence-corrected chi connectivity index (χ1v) is 6.19. The van der Waals surface area contributed by atoms with E-state index in [-0.39, 0.29) is 6.04 Å². The molecule has 0 aromatic carbocycles. The highest BCUT2D eigenvalue weighted by molar-refractivity contribution is 4.99. The van der Waals surface area contributed by atoms with Gasteiger partial charge in [0.25, 0.3) is 0 Å². The molecule has 5 heteroatoms. The number of hydrogen-bond acceptors (Lipinski definition) is 4. The summed E-state index contributed by atoms with van der Waals surface area (Å²) in [4.78, 5) is 9.11. The number of piperazine rings is 1. The largest absolute Gasteiger partial charge is 0.337 e. The van der Waals surface area contributed by atoms with Crippen molar-refractivity contribution in [1.82, 2.24) is 19.4 Å². The van der Waals surface area contributed by atoms with Crippen LogP contribution in [-0.4, -0.2) is 59.1 Å². The molecular weight excluding hydrogens is 214 g/mol. The Hall–Kier alpha value is -0.910. The quantitative estimate of drug-likeness (QED) is 0.807. The second-order valence-corrected chi connectivity index (χ2v) is 5.14. The van der Waals surface area contributed by atoms with Crippen molar-refractivity contribution in [3.8, 4) is 0 Å². The second-order valence-electron chi connectivity index (χ2n) is 5.14. The maximum absolute atomic E-state index is 6.25. The smallest absolute Gasteiger partial charge is 0.125 e. The molecular formula is C12H23N5. The minimum atomic E-state index is 0.0222. The van der Waals surface area contributed by atoms with E-state index in [9.17, 15) is 0 Å². The Labute approximate surface area is 103 Å². The summed E-state index contributed by atoms with van der Waals surface area (Å²) in [5.74, 6) is 0.978. The van der Waals surface area contributed by atoms with Crippen molar-refractivity contribution < 1.29 is 0 Å². The third-order valence-corrected chi connectivity index (χ3v) is 3.70. The van der Waals surface area contributed by atoms with E-state index in [0.29, 0.717) is 6.04 Å². The number of nitrogens with zero attached hydrogens (tertiary/aromatic N) is 4. The van der Waals surface area contributed by atoms with Crippen LogP contribution in [0.5, 0.6) is 0 Å². The third kappa shape index (κ3) is 2.86. The highest BCUT2D eigenvalue weighted by Crippen LogP contribution is 2.18. The van der Waals surface area contributed by atoms with Crippen molar-refractivity contribution in [2.75, 3.05) is 33.7 Å². The van der Waals surface area contributed by atoms with Crippen molar-refractivity contribution in [2.24, 2.45) is 12.8 Å². The van der Waals surface area contributed by atoms with E-state index in [1.165, 1.54) is 0 Å². The van der Waals surface area contributed by atoms with Gasteiger partial charge in [0.15, 0.2) is 0 Å². The van der Waals surface area contributed by atoms with Crippen LogP contribution in [-0.2, 0) is 7.05 Å². The zero-order chi connectivity index (χ0) is 12.4. The molecule has 1 saturated heterocycles. The van der Waals surface area contributed by atoms with Crippen molar-refractivity contribution in [1.29, 1.82) is 0 Å². The molecule has 0 saturated carbocycles. The molecule has 2 atom stereocenters. The molecule has 2 N–H and O–H groups in total. The Morgan fingerprint density at radius 3 is 2.82 bits per heavy atom. The molecule has 1 aliphatic rings. The van der Waals surface area contributed by atoms with E-state index in [4.69, 9.17) is 5.73 Å². The van der Waals surface area contributed by atoms with Gasteiger partial charge in [-0.25, -0.2) is 4.98 Å². The number of imidazole rings is 1. The molecule has 1 fully saturated rings. The van der Waals surface area contributed by atoms with Gasteiger partial charge in [-0.05, 0) is 20.5 Å². The van der Waals surface area contributed by atoms with Gasteiger partial charge in [-0.1, -0.05) is 0 Å². The van der Waals surface area contributed by atoms with E-state index < -0.39 is 0 Å². The van der Waals surface area contributed by atoms with Crippen molar-refractivity contribution in [3.63, 3.8) is 0 Å². The van der Waals surface area contributed by atoms with Gasteiger partial charge >= 0.3 is 0 Å². The van der Waals surface area contributed by atoms with Crippen LogP contribution in [0, 0.1) is 0 Å². The SMILES string of the molecule is CN1CCN(C)C(CC(N)c2nccn2C)C1. The Bertz CT molecular complexity index is 362. The van der Waals surface area contributed by atoms with E-state index in [1.807, 2.05) is 24.0 Å². The van der Waals surface area contributed by atoms with Crippen LogP contribution in [0.1, 0.15) is 18.3 Å². The van der Waals surface area contributed by atoms with Crippen molar-refractivity contribution >= 4 is 0 Å². The molecule has 17 heavy (non-hydrogen) atoms. The number of aromatic nitrogens is 2. The molecule has 0 radical (unpaired) electrons. The van der Waals surface area contributed by atoms with Crippen molar-refractivity contribution in [2.45, 2.75) is 18.5 Å². The summed E-state index contributed by atoms with van der Waals surface area (Å²) in [5, 5.41) is 0. The molecule has 1 aromatic heterocycles. The minimum Gasteiger partial charge on any atom is -0.337 e. The first-order valence-electron chi connectivity index (χ1n) is 6.19. The Kier molecular flexibility index (Phi) is 3.81. The lowest BCUT2D eigenvalue weighted by Crippen LogP contribution is -2.50. The topological polar surface area (TPSA) is 50.3 Å². The number of aryl methyl sites for hydroxylation is 1. The molecule has 2 heterocycles. The summed E-state index contributed by atoms with van der Waals surface area (Å²) in [6, 6.07) is 0.550. The zero-order valence-corrected chi connectivity index (χ0v) is 11.0. The first-order chi connectivity index (χ1) is 8.08. The van der Waals surface area contributed by atoms with Gasteiger partial charge in [0.1, 0.15) is 5.82 Å². The van der Waals surface area contributed by atoms with Crippen molar-refractivity contribution in [3.05, 3.63) is 18.2 Å². The average molecular weight is 237 g/mol. The molecule has 5 nitrogen and oxygen atoms in total. The third-order valence-electron chi connectivity index (χ3n) is 3.70. The molecule has 0 amide bonds. The lowest BCUT2D eigenvalue weighted by Gasteiger charge is -2.38. The lowest BCUT2D eigenvalue weighted by molar-refractivity contribution is 0.103. The fraction of sp³-hybridized carbons (Fsp3) is 0.750. The molecule has 2 unspecified atom stereocenters. The maximum atomic E-state index is 6.25. The molecule has 2 rings (SSSR count). The van der Waals surface area contributed by atoms with E-state index in [0.717, 1.165) is 31.9 Å². The van der Waals surface area contributed by atoms with Gasteiger partial charge < -0.3 is 20.1 Å². The van der Waals surface area contributed by atoms with Gasteiger partial charge in [0.05, 0.1) is 6.04 Å². The summed E-state index contributed by atoms with van der Waals surface area (Å²) in [7, 11) is 6.36. The summed E-state index contributed by atoms with van der Waals surface area (Å²) < 4.78 is 2.01. The normalized spacial score (nSPS) is 25.1. The predicted molar refractivity (Wildman–Crippen MR) is 68.7 cm³/mol. The van der Waals surface area contributed by atoms with Crippen LogP contribution in [0.15, 0.2) is 12.4 Å². The number of rotatable bonds is 3. The summed E-state index contributed by atoms with van der Waals surface area (Å²) >= 11 is 0. The Morgan fingerprint density at radius 1 is 1.41 bits per heavy atom. The number of nitrogens with two attached hydrogens (primary N) is 1. The van der Waals surface area contributed by atoms with Crippen LogP contribution >= 0.6 is 0 Å². The minimum absolute atomic E-state index is 0.0222. The van der Waals surface area contributed by atoms with Crippen LogP contribution in [0.4, 0.5) is 0 Å². The van der Waals surface area contributed by atoms with Gasteiger partial charge in [-0.2, -0.15) is 0 Å². The molecule has 0 bridgehead atoms. The molecule has 1 aromatic rings. The summed E-state index contributed by atoms with van der Waals surface area (Å²) in [6.07, 6.45) is 4.73. The zero-order valence-electron chi connectivity index (χ0n) is 11.0. The summed E-state index contributed by atoms with van der Waals surface area (Å²) in [6.45, 7) is 3.35. The average Bonchev–Trinajstić information content (AvgIpc) is 2.70. The standard InChI is InChI=1S/C12H23N5/c1-15-6-7-16(2)10(9-15)8-11(13)12-14-4-5-17(12)3/h4-5,10-11H,6-9,13H2,1-3H3. The van der Waals surface area contributed by atoms with E-state index in [2.05, 4.69) is 28.9 Å². The van der Waals surface area contributed by atoms with Crippen LogP contribution in [0.25, 0.3) is 0 Å². The predicted octanol–water partition coefficient (Wildman–Crippen LogP) is 0.0558. The Morgan fingerprint density at radius 2 is 2.18 bits per heavy atom. The molecule has 96 valence electrons. The highest BCUT2D eigenvalue weighted by atomic mass is 15.3. The fourth-order valence-corrected chi connectivity index (χ4v) is 2.49. The van der Waals surface area contributed by atoms with Gasteiger partial charge in [-0.15, -0.1) is 0 Å². The van der Waals surface area contributed by atoms with Gasteiger partial charge in [0, 0.05) is 45.1 Å². The summed E-state index contributed by atoms with van der Waals surface area (Å²) in [5.41, 5.74) is 6.25. The first kappa shape index (κ1) is 12.5. The molecule has 0 aliphatic carbocycles. The van der Waals surface area contributed by atoms with Gasteiger partial charge in [0.2, 0.25) is 0 Å². The fourth-order valence-electron chi connectivity index (χ4n) is 2.49. The number of hydrogen-bond donors (Lipinski definition) is 1. The molecule has 1 aliphatic heterocycles.